The number of aliphatic hydroxyl groups is 1. The second-order valence-corrected chi connectivity index (χ2v) is 3.86. The zero-order valence-corrected chi connectivity index (χ0v) is 9.19. The van der Waals surface area contributed by atoms with Gasteiger partial charge >= 0.3 is 12.1 Å². The van der Waals surface area contributed by atoms with Gasteiger partial charge in [0, 0.05) is 6.20 Å². The molecule has 1 N–H and O–H groups in total. The largest absolute Gasteiger partial charge is 0.395 e. The smallest absolute Gasteiger partial charge is 0.374 e. The third-order valence-corrected chi connectivity index (χ3v) is 2.21. The van der Waals surface area contributed by atoms with Crippen molar-refractivity contribution in [3.05, 3.63) is 16.4 Å². The highest BCUT2D eigenvalue weighted by Gasteiger charge is 2.47. The lowest BCUT2D eigenvalue weighted by Crippen LogP contribution is -2.24. The van der Waals surface area contributed by atoms with Crippen LogP contribution in [0, 0.1) is 0 Å². The first-order chi connectivity index (χ1) is 7.15. The molecule has 0 atom stereocenters. The first-order valence-corrected chi connectivity index (χ1v) is 4.74. The van der Waals surface area contributed by atoms with E-state index >= 15 is 0 Å². The van der Waals surface area contributed by atoms with E-state index in [-0.39, 0.29) is 4.47 Å². The SMILES string of the molecule is OCn1cc(Br)c(C(F)(F)CC(F)(F)F)n1. The Hall–Kier alpha value is -0.700. The summed E-state index contributed by atoms with van der Waals surface area (Å²) in [4.78, 5) is 0. The minimum absolute atomic E-state index is 0.282. The van der Waals surface area contributed by atoms with Gasteiger partial charge in [0.15, 0.2) is 0 Å². The van der Waals surface area contributed by atoms with Gasteiger partial charge in [-0.2, -0.15) is 27.1 Å². The molecule has 0 bridgehead atoms. The van der Waals surface area contributed by atoms with Crippen LogP contribution in [0.3, 0.4) is 0 Å². The van der Waals surface area contributed by atoms with Crippen molar-refractivity contribution >= 4 is 15.9 Å². The lowest BCUT2D eigenvalue weighted by atomic mass is 10.2. The molecular formula is C7H6BrF5N2O. The first kappa shape index (κ1) is 13.4. The molecule has 0 unspecified atom stereocenters. The normalized spacial score (nSPS) is 13.2. The number of hydrogen-bond donors (Lipinski definition) is 1. The molecule has 1 heterocycles. The lowest BCUT2D eigenvalue weighted by molar-refractivity contribution is -0.192. The summed E-state index contributed by atoms with van der Waals surface area (Å²) in [6.07, 6.45) is -6.31. The van der Waals surface area contributed by atoms with Crippen LogP contribution in [0.15, 0.2) is 10.7 Å². The number of aromatic nitrogens is 2. The topological polar surface area (TPSA) is 38.0 Å². The first-order valence-electron chi connectivity index (χ1n) is 3.94. The second-order valence-electron chi connectivity index (χ2n) is 3.00. The van der Waals surface area contributed by atoms with Crippen molar-refractivity contribution in [2.45, 2.75) is 25.3 Å². The average molecular weight is 309 g/mol. The highest BCUT2D eigenvalue weighted by molar-refractivity contribution is 9.10. The molecule has 16 heavy (non-hydrogen) atoms. The third-order valence-electron chi connectivity index (χ3n) is 1.63. The Morgan fingerprint density at radius 2 is 1.88 bits per heavy atom. The Morgan fingerprint density at radius 1 is 1.31 bits per heavy atom. The summed E-state index contributed by atoms with van der Waals surface area (Å²) in [7, 11) is 0. The average Bonchev–Trinajstić information content (AvgIpc) is 2.43. The van der Waals surface area contributed by atoms with E-state index in [1.807, 2.05) is 0 Å². The zero-order chi connectivity index (χ0) is 12.6. The van der Waals surface area contributed by atoms with E-state index < -0.39 is 30.9 Å². The maximum absolute atomic E-state index is 13.2. The molecule has 92 valence electrons. The molecule has 0 saturated carbocycles. The molecule has 9 heteroatoms. The maximum atomic E-state index is 13.2. The van der Waals surface area contributed by atoms with Crippen LogP contribution in [0.5, 0.6) is 0 Å². The summed E-state index contributed by atoms with van der Waals surface area (Å²) in [5.41, 5.74) is -1.04. The van der Waals surface area contributed by atoms with E-state index in [4.69, 9.17) is 5.11 Å². The number of halogens is 6. The van der Waals surface area contributed by atoms with E-state index in [2.05, 4.69) is 21.0 Å². The van der Waals surface area contributed by atoms with Crippen LogP contribution in [-0.2, 0) is 12.7 Å². The monoisotopic (exact) mass is 308 g/mol. The molecule has 0 aromatic carbocycles. The molecule has 0 amide bonds. The second kappa shape index (κ2) is 4.28. The lowest BCUT2D eigenvalue weighted by Gasteiger charge is -2.16. The molecular weight excluding hydrogens is 303 g/mol. The van der Waals surface area contributed by atoms with Crippen LogP contribution in [0.4, 0.5) is 22.0 Å². The summed E-state index contributed by atoms with van der Waals surface area (Å²) in [5, 5.41) is 11.7. The van der Waals surface area contributed by atoms with Gasteiger partial charge < -0.3 is 5.11 Å². The fraction of sp³-hybridized carbons (Fsp3) is 0.571. The van der Waals surface area contributed by atoms with Crippen molar-refractivity contribution in [1.82, 2.24) is 9.78 Å². The Morgan fingerprint density at radius 3 is 2.25 bits per heavy atom. The predicted molar refractivity (Wildman–Crippen MR) is 46.7 cm³/mol. The van der Waals surface area contributed by atoms with E-state index in [0.29, 0.717) is 4.68 Å². The molecule has 0 saturated heterocycles. The zero-order valence-electron chi connectivity index (χ0n) is 7.60. The summed E-state index contributed by atoms with van der Waals surface area (Å²) in [5.74, 6) is -4.13. The Kier molecular flexibility index (Phi) is 3.58. The third kappa shape index (κ3) is 3.14. The standard InChI is InChI=1S/C7H6BrF5N2O/c8-4-1-15(3-16)14-5(4)6(9,10)2-7(11,12)13/h1,16H,2-3H2. The van der Waals surface area contributed by atoms with Crippen LogP contribution < -0.4 is 0 Å². The maximum Gasteiger partial charge on any atom is 0.395 e. The Labute approximate surface area is 95.0 Å². The molecule has 0 aliphatic rings. The molecule has 1 aromatic rings. The molecule has 0 fully saturated rings. The minimum Gasteiger partial charge on any atom is -0.374 e. The molecule has 1 rings (SSSR count). The van der Waals surface area contributed by atoms with Crippen LogP contribution in [0.2, 0.25) is 0 Å². The molecule has 0 aliphatic heterocycles. The summed E-state index contributed by atoms with van der Waals surface area (Å²) in [6, 6.07) is 0. The van der Waals surface area contributed by atoms with Gasteiger partial charge in [-0.1, -0.05) is 0 Å². The van der Waals surface area contributed by atoms with Gasteiger partial charge in [-0.15, -0.1) is 0 Å². The predicted octanol–water partition coefficient (Wildman–Crippen LogP) is 2.64. The molecule has 0 aliphatic carbocycles. The number of alkyl halides is 5. The van der Waals surface area contributed by atoms with Crippen LogP contribution in [0.25, 0.3) is 0 Å². The van der Waals surface area contributed by atoms with Crippen molar-refractivity contribution < 1.29 is 27.1 Å². The summed E-state index contributed by atoms with van der Waals surface area (Å²) in [6.45, 7) is -0.694. The number of rotatable bonds is 3. The summed E-state index contributed by atoms with van der Waals surface area (Å²) < 4.78 is 62.4. The van der Waals surface area contributed by atoms with Crippen LogP contribution in [0.1, 0.15) is 12.1 Å². The number of nitrogens with zero attached hydrogens (tertiary/aromatic N) is 2. The minimum atomic E-state index is -4.99. The van der Waals surface area contributed by atoms with Gasteiger partial charge in [0.25, 0.3) is 0 Å². The molecule has 0 spiro atoms. The Bertz CT molecular complexity index is 375. The van der Waals surface area contributed by atoms with Crippen LogP contribution in [-0.4, -0.2) is 21.1 Å². The van der Waals surface area contributed by atoms with E-state index in [1.165, 1.54) is 0 Å². The van der Waals surface area contributed by atoms with E-state index in [0.717, 1.165) is 6.20 Å². The van der Waals surface area contributed by atoms with Gasteiger partial charge in [0.05, 0.1) is 4.47 Å². The summed E-state index contributed by atoms with van der Waals surface area (Å²) >= 11 is 2.66. The van der Waals surface area contributed by atoms with Crippen molar-refractivity contribution in [2.24, 2.45) is 0 Å². The van der Waals surface area contributed by atoms with Gasteiger partial charge in [-0.05, 0) is 15.9 Å². The van der Waals surface area contributed by atoms with Gasteiger partial charge in [-0.25, -0.2) is 4.68 Å². The van der Waals surface area contributed by atoms with E-state index in [1.54, 1.807) is 0 Å². The van der Waals surface area contributed by atoms with Crippen LogP contribution >= 0.6 is 15.9 Å². The number of aliphatic hydroxyl groups excluding tert-OH is 1. The Balaban J connectivity index is 3.01. The fourth-order valence-corrected chi connectivity index (χ4v) is 1.66. The molecule has 0 radical (unpaired) electrons. The highest BCUT2D eigenvalue weighted by Crippen LogP contribution is 2.41. The van der Waals surface area contributed by atoms with Crippen molar-refractivity contribution in [1.29, 1.82) is 0 Å². The van der Waals surface area contributed by atoms with Gasteiger partial charge in [-0.3, -0.25) is 0 Å². The number of hydrogen-bond acceptors (Lipinski definition) is 2. The van der Waals surface area contributed by atoms with Crippen molar-refractivity contribution in [3.63, 3.8) is 0 Å². The molecule has 3 nitrogen and oxygen atoms in total. The van der Waals surface area contributed by atoms with Crippen molar-refractivity contribution in [3.8, 4) is 0 Å². The fourth-order valence-electron chi connectivity index (χ4n) is 1.05. The molecule has 1 aromatic heterocycles. The van der Waals surface area contributed by atoms with Gasteiger partial charge in [0.1, 0.15) is 18.8 Å². The van der Waals surface area contributed by atoms with Gasteiger partial charge in [0.2, 0.25) is 0 Å². The quantitative estimate of drug-likeness (QED) is 0.872. The van der Waals surface area contributed by atoms with Crippen molar-refractivity contribution in [2.75, 3.05) is 0 Å². The van der Waals surface area contributed by atoms with E-state index in [9.17, 15) is 22.0 Å². The highest BCUT2D eigenvalue weighted by atomic mass is 79.9.